The van der Waals surface area contributed by atoms with E-state index in [-0.39, 0.29) is 25.9 Å². The van der Waals surface area contributed by atoms with Crippen molar-refractivity contribution in [2.24, 2.45) is 0 Å². The number of ether oxygens (including phenoxy) is 5. The van der Waals surface area contributed by atoms with E-state index in [1.807, 2.05) is 0 Å². The van der Waals surface area contributed by atoms with E-state index in [4.69, 9.17) is 23.7 Å². The molecule has 0 radical (unpaired) electrons. The highest BCUT2D eigenvalue weighted by molar-refractivity contribution is 5.74. The van der Waals surface area contributed by atoms with Crippen molar-refractivity contribution in [1.29, 1.82) is 0 Å². The molecule has 1 fully saturated rings. The fourth-order valence-electron chi connectivity index (χ4n) is 10.5. The Morgan fingerprint density at radius 2 is 0.741 bits per heavy atom. The molecule has 472 valence electrons. The zero-order valence-corrected chi connectivity index (χ0v) is 52.3. The van der Waals surface area contributed by atoms with E-state index in [0.29, 0.717) is 19.3 Å². The summed E-state index contributed by atoms with van der Waals surface area (Å²) in [6.45, 7) is 6.01. The second kappa shape index (κ2) is 57.4. The summed E-state index contributed by atoms with van der Waals surface area (Å²) in [6, 6.07) is 0. The lowest BCUT2D eigenvalue weighted by Crippen LogP contribution is -2.61. The molecular formula is C69H124O12. The van der Waals surface area contributed by atoms with Gasteiger partial charge < -0.3 is 39.0 Å². The summed E-state index contributed by atoms with van der Waals surface area (Å²) in [5, 5.41) is 31.6. The number of rotatable bonds is 59. The Bertz CT molecular complexity index is 1550. The molecule has 1 aliphatic heterocycles. The standard InChI is InChI=1S/C69H124O12/c1-4-7-10-13-16-19-22-25-27-29-31-33-35-38-40-43-46-49-52-55-61(70)77-58-60(79-62(71)56-53-50-47-44-41-37-24-21-18-15-12-9-6-3)59-78-69-67(65(74)64(73)66(81-69)68(75)76)80-63(72)57-54-51-48-45-42-39-36-34-32-30-28-26-23-20-17-14-11-8-5-2/h17,20-21,24,26,28,60,64-67,69,73-74H,4-16,18-19,22-23,25,27,29-59H2,1-3H3,(H,75,76)/b20-17-,24-21-,28-26-. The van der Waals surface area contributed by atoms with Gasteiger partial charge in [-0.2, -0.15) is 0 Å². The Hall–Kier alpha value is -3.06. The van der Waals surface area contributed by atoms with Crippen LogP contribution in [0.3, 0.4) is 0 Å². The van der Waals surface area contributed by atoms with Gasteiger partial charge in [-0.1, -0.05) is 269 Å². The van der Waals surface area contributed by atoms with Crippen molar-refractivity contribution in [2.45, 2.75) is 366 Å². The molecule has 12 nitrogen and oxygen atoms in total. The lowest BCUT2D eigenvalue weighted by atomic mass is 9.98. The van der Waals surface area contributed by atoms with Gasteiger partial charge in [-0.3, -0.25) is 14.4 Å². The lowest BCUT2D eigenvalue weighted by Gasteiger charge is -2.40. The first-order valence-corrected chi connectivity index (χ1v) is 34.0. The maximum atomic E-state index is 13.2. The molecule has 12 heteroatoms. The summed E-state index contributed by atoms with van der Waals surface area (Å²) in [5.74, 6) is -3.10. The van der Waals surface area contributed by atoms with Crippen LogP contribution in [0.1, 0.15) is 329 Å². The molecule has 6 unspecified atom stereocenters. The number of carboxylic acid groups (broad SMARTS) is 1. The van der Waals surface area contributed by atoms with E-state index in [2.05, 4.69) is 57.2 Å². The van der Waals surface area contributed by atoms with Crippen LogP contribution < -0.4 is 0 Å². The molecule has 0 bridgehead atoms. The van der Waals surface area contributed by atoms with Crippen LogP contribution in [0.5, 0.6) is 0 Å². The van der Waals surface area contributed by atoms with Crippen LogP contribution in [-0.4, -0.2) is 89.2 Å². The summed E-state index contributed by atoms with van der Waals surface area (Å²) < 4.78 is 28.6. The highest BCUT2D eigenvalue weighted by atomic mass is 16.7. The van der Waals surface area contributed by atoms with Crippen LogP contribution in [0.2, 0.25) is 0 Å². The fourth-order valence-corrected chi connectivity index (χ4v) is 10.5. The number of unbranched alkanes of at least 4 members (excludes halogenated alkanes) is 39. The van der Waals surface area contributed by atoms with E-state index in [0.717, 1.165) is 96.3 Å². The minimum absolute atomic E-state index is 0.0580. The van der Waals surface area contributed by atoms with Gasteiger partial charge in [0.05, 0.1) is 6.61 Å². The second-order valence-electron chi connectivity index (χ2n) is 23.5. The molecule has 0 aliphatic carbocycles. The topological polar surface area (TPSA) is 175 Å². The first-order valence-electron chi connectivity index (χ1n) is 34.0. The molecule has 0 saturated carbocycles. The summed E-state index contributed by atoms with van der Waals surface area (Å²) in [4.78, 5) is 51.4. The monoisotopic (exact) mass is 1140 g/mol. The zero-order chi connectivity index (χ0) is 58.9. The fraction of sp³-hybridized carbons (Fsp3) is 0.855. The largest absolute Gasteiger partial charge is 0.479 e. The average molecular weight is 1150 g/mol. The van der Waals surface area contributed by atoms with E-state index < -0.39 is 67.3 Å². The number of allylic oxidation sites excluding steroid dienone is 6. The van der Waals surface area contributed by atoms with Crippen LogP contribution in [0.15, 0.2) is 36.5 Å². The quantitative estimate of drug-likeness (QED) is 0.0228. The van der Waals surface area contributed by atoms with Gasteiger partial charge >= 0.3 is 23.9 Å². The Morgan fingerprint density at radius 3 is 1.16 bits per heavy atom. The van der Waals surface area contributed by atoms with Gasteiger partial charge in [0.1, 0.15) is 18.8 Å². The molecule has 1 saturated heterocycles. The van der Waals surface area contributed by atoms with Gasteiger partial charge in [-0.15, -0.1) is 0 Å². The van der Waals surface area contributed by atoms with Crippen molar-refractivity contribution in [3.63, 3.8) is 0 Å². The van der Waals surface area contributed by atoms with Crippen molar-refractivity contribution < 1.29 is 58.2 Å². The summed E-state index contributed by atoms with van der Waals surface area (Å²) in [5.41, 5.74) is 0. The highest BCUT2D eigenvalue weighted by Gasteiger charge is 2.50. The van der Waals surface area contributed by atoms with Crippen LogP contribution in [0.4, 0.5) is 0 Å². The van der Waals surface area contributed by atoms with E-state index in [1.165, 1.54) is 173 Å². The molecule has 1 rings (SSSR count). The van der Waals surface area contributed by atoms with Gasteiger partial charge in [0.25, 0.3) is 0 Å². The van der Waals surface area contributed by atoms with Crippen molar-refractivity contribution in [3.05, 3.63) is 36.5 Å². The number of carbonyl (C=O) groups is 4. The molecule has 1 aliphatic rings. The van der Waals surface area contributed by atoms with Gasteiger partial charge in [-0.05, 0) is 77.0 Å². The number of carboxylic acids is 1. The van der Waals surface area contributed by atoms with Gasteiger partial charge in [0.15, 0.2) is 24.6 Å². The zero-order valence-electron chi connectivity index (χ0n) is 52.3. The maximum absolute atomic E-state index is 13.2. The molecule has 1 heterocycles. The van der Waals surface area contributed by atoms with Crippen LogP contribution in [0, 0.1) is 0 Å². The average Bonchev–Trinajstić information content (AvgIpc) is 3.54. The molecule has 0 aromatic heterocycles. The molecule has 6 atom stereocenters. The minimum Gasteiger partial charge on any atom is -0.479 e. The van der Waals surface area contributed by atoms with Gasteiger partial charge in [0.2, 0.25) is 0 Å². The predicted molar refractivity (Wildman–Crippen MR) is 331 cm³/mol. The van der Waals surface area contributed by atoms with E-state index >= 15 is 0 Å². The number of carbonyl (C=O) groups excluding carboxylic acids is 3. The third-order valence-corrected chi connectivity index (χ3v) is 15.7. The van der Waals surface area contributed by atoms with Crippen molar-refractivity contribution in [1.82, 2.24) is 0 Å². The molecule has 3 N–H and O–H groups in total. The molecule has 0 spiro atoms. The molecular weight excluding hydrogens is 1020 g/mol. The SMILES string of the molecule is CCCCC/C=C\C/C=C\CCCCCCCCCCCC(=O)OC1C(OCC(COC(=O)CCCCCCCCCCCCCCCCCCCCC)OC(=O)CCCCCCC/C=C\CCCCCC)OC(C(=O)O)C(O)C1O. The highest BCUT2D eigenvalue weighted by Crippen LogP contribution is 2.27. The first-order chi connectivity index (χ1) is 39.6. The lowest BCUT2D eigenvalue weighted by molar-refractivity contribution is -0.301. The number of aliphatic carboxylic acids is 1. The smallest absolute Gasteiger partial charge is 0.335 e. The van der Waals surface area contributed by atoms with Gasteiger partial charge in [-0.25, -0.2) is 4.79 Å². The van der Waals surface area contributed by atoms with Crippen molar-refractivity contribution in [2.75, 3.05) is 13.2 Å². The molecule has 0 aromatic carbocycles. The normalized spacial score (nSPS) is 17.9. The number of aliphatic hydroxyl groups excluding tert-OH is 2. The minimum atomic E-state index is -1.90. The van der Waals surface area contributed by atoms with Crippen LogP contribution in [-0.2, 0) is 42.9 Å². The molecule has 0 amide bonds. The van der Waals surface area contributed by atoms with Crippen LogP contribution >= 0.6 is 0 Å². The Kier molecular flexibility index (Phi) is 53.8. The summed E-state index contributed by atoms with van der Waals surface area (Å²) >= 11 is 0. The number of hydrogen-bond donors (Lipinski definition) is 3. The van der Waals surface area contributed by atoms with Gasteiger partial charge in [0, 0.05) is 19.3 Å². The Labute approximate surface area is 495 Å². The number of hydrogen-bond acceptors (Lipinski definition) is 11. The third kappa shape index (κ3) is 46.9. The Balaban J connectivity index is 2.61. The van der Waals surface area contributed by atoms with E-state index in [9.17, 15) is 34.5 Å². The number of aliphatic hydroxyl groups is 2. The van der Waals surface area contributed by atoms with Crippen molar-refractivity contribution >= 4 is 23.9 Å². The predicted octanol–water partition coefficient (Wildman–Crippen LogP) is 18.4. The summed E-state index contributed by atoms with van der Waals surface area (Å²) in [6.07, 6.45) is 56.7. The molecule has 0 aromatic rings. The molecule has 81 heavy (non-hydrogen) atoms. The van der Waals surface area contributed by atoms with E-state index in [1.54, 1.807) is 0 Å². The van der Waals surface area contributed by atoms with Crippen molar-refractivity contribution in [3.8, 4) is 0 Å². The Morgan fingerprint density at radius 1 is 0.407 bits per heavy atom. The third-order valence-electron chi connectivity index (χ3n) is 15.7. The number of esters is 3. The second-order valence-corrected chi connectivity index (χ2v) is 23.5. The first kappa shape index (κ1) is 76.0. The summed E-state index contributed by atoms with van der Waals surface area (Å²) in [7, 11) is 0. The maximum Gasteiger partial charge on any atom is 0.335 e. The van der Waals surface area contributed by atoms with Crippen LogP contribution in [0.25, 0.3) is 0 Å².